The summed E-state index contributed by atoms with van der Waals surface area (Å²) in [5, 5.41) is 11.7. The fraction of sp³-hybridized carbons (Fsp3) is 0.417. The number of ketones is 1. The van der Waals surface area contributed by atoms with Crippen molar-refractivity contribution in [2.45, 2.75) is 31.2 Å². The van der Waals surface area contributed by atoms with Gasteiger partial charge < -0.3 is 0 Å². The Hall–Kier alpha value is -1.13. The van der Waals surface area contributed by atoms with Gasteiger partial charge in [0.25, 0.3) is 6.04 Å². The molecule has 4 nitrogen and oxygen atoms in total. The molecule has 96 valence electrons. The number of nitro groups is 1. The average Bonchev–Trinajstić information content (AvgIpc) is 2.28. The number of halogens is 2. The first kappa shape index (κ1) is 13.3. The fourth-order valence-corrected chi connectivity index (χ4v) is 2.88. The van der Waals surface area contributed by atoms with Crippen LogP contribution in [0, 0.1) is 10.1 Å². The van der Waals surface area contributed by atoms with Gasteiger partial charge in [-0.15, -0.1) is 0 Å². The standard InChI is InChI=1S/C12H11Cl2NO3/c13-8-2-3-9(10(14)6-8)7-1-4-11(15(17)18)12(16)5-7/h2-3,6-7,11H,1,4-5H2. The Bertz CT molecular complexity index is 504. The monoisotopic (exact) mass is 287 g/mol. The maximum atomic E-state index is 11.7. The lowest BCUT2D eigenvalue weighted by molar-refractivity contribution is -0.509. The van der Waals surface area contributed by atoms with E-state index < -0.39 is 11.0 Å². The van der Waals surface area contributed by atoms with E-state index in [1.807, 2.05) is 0 Å². The first-order valence-corrected chi connectivity index (χ1v) is 6.36. The quantitative estimate of drug-likeness (QED) is 0.618. The van der Waals surface area contributed by atoms with Crippen LogP contribution in [-0.4, -0.2) is 16.7 Å². The third-order valence-electron chi connectivity index (χ3n) is 3.26. The Balaban J connectivity index is 2.17. The number of Topliss-reactive ketones (excluding diaryl/α,β-unsaturated/α-hetero) is 1. The molecule has 1 aliphatic carbocycles. The van der Waals surface area contributed by atoms with E-state index in [0.717, 1.165) is 5.56 Å². The minimum atomic E-state index is -1.05. The summed E-state index contributed by atoms with van der Waals surface area (Å²) in [5.74, 6) is -0.360. The van der Waals surface area contributed by atoms with Crippen LogP contribution in [0.25, 0.3) is 0 Å². The highest BCUT2D eigenvalue weighted by molar-refractivity contribution is 6.35. The molecule has 0 saturated heterocycles. The highest BCUT2D eigenvalue weighted by Gasteiger charge is 2.37. The molecule has 1 saturated carbocycles. The highest BCUT2D eigenvalue weighted by Crippen LogP contribution is 2.36. The zero-order valence-electron chi connectivity index (χ0n) is 9.44. The van der Waals surface area contributed by atoms with E-state index in [4.69, 9.17) is 23.2 Å². The highest BCUT2D eigenvalue weighted by atomic mass is 35.5. The van der Waals surface area contributed by atoms with E-state index in [2.05, 4.69) is 0 Å². The molecule has 0 radical (unpaired) electrons. The summed E-state index contributed by atoms with van der Waals surface area (Å²) >= 11 is 11.9. The molecule has 0 spiro atoms. The molecular weight excluding hydrogens is 277 g/mol. The van der Waals surface area contributed by atoms with Crippen LogP contribution in [0.15, 0.2) is 18.2 Å². The van der Waals surface area contributed by atoms with Crippen LogP contribution < -0.4 is 0 Å². The number of nitrogens with zero attached hydrogens (tertiary/aromatic N) is 1. The third kappa shape index (κ3) is 2.65. The van der Waals surface area contributed by atoms with Gasteiger partial charge in [0.05, 0.1) is 0 Å². The molecule has 1 aromatic rings. The maximum Gasteiger partial charge on any atom is 0.270 e. The maximum absolute atomic E-state index is 11.7. The van der Waals surface area contributed by atoms with Crippen molar-refractivity contribution in [1.29, 1.82) is 0 Å². The first-order valence-electron chi connectivity index (χ1n) is 5.60. The van der Waals surface area contributed by atoms with E-state index in [9.17, 15) is 14.9 Å². The fourth-order valence-electron chi connectivity index (χ4n) is 2.32. The zero-order chi connectivity index (χ0) is 13.3. The number of hydrogen-bond acceptors (Lipinski definition) is 3. The lowest BCUT2D eigenvalue weighted by atomic mass is 9.81. The molecule has 6 heteroatoms. The Morgan fingerprint density at radius 2 is 2.00 bits per heavy atom. The number of hydrogen-bond donors (Lipinski definition) is 0. The molecule has 0 bridgehead atoms. The van der Waals surface area contributed by atoms with Crippen LogP contribution in [0.5, 0.6) is 0 Å². The molecule has 1 fully saturated rings. The second kappa shape index (κ2) is 5.24. The van der Waals surface area contributed by atoms with Crippen molar-refractivity contribution >= 4 is 29.0 Å². The second-order valence-electron chi connectivity index (χ2n) is 4.41. The van der Waals surface area contributed by atoms with Gasteiger partial charge in [-0.1, -0.05) is 29.3 Å². The number of benzene rings is 1. The van der Waals surface area contributed by atoms with Gasteiger partial charge in [-0.25, -0.2) is 0 Å². The zero-order valence-corrected chi connectivity index (χ0v) is 10.9. The molecule has 0 aromatic heterocycles. The molecule has 2 rings (SSSR count). The van der Waals surface area contributed by atoms with Crippen LogP contribution in [0.2, 0.25) is 10.0 Å². The molecule has 0 heterocycles. The van der Waals surface area contributed by atoms with E-state index in [1.54, 1.807) is 18.2 Å². The molecule has 0 aliphatic heterocycles. The summed E-state index contributed by atoms with van der Waals surface area (Å²) in [6.07, 6.45) is 1.04. The topological polar surface area (TPSA) is 60.2 Å². The molecule has 0 amide bonds. The Morgan fingerprint density at radius 3 is 2.56 bits per heavy atom. The molecule has 1 aromatic carbocycles. The van der Waals surface area contributed by atoms with Crippen molar-refractivity contribution in [3.63, 3.8) is 0 Å². The number of carbonyl (C=O) groups excluding carboxylic acids is 1. The van der Waals surface area contributed by atoms with Crippen LogP contribution in [0.3, 0.4) is 0 Å². The van der Waals surface area contributed by atoms with Crippen molar-refractivity contribution in [3.8, 4) is 0 Å². The summed E-state index contributed by atoms with van der Waals surface area (Å²) in [6, 6.07) is 4.08. The smallest absolute Gasteiger partial charge is 0.270 e. The van der Waals surface area contributed by atoms with Crippen molar-refractivity contribution in [3.05, 3.63) is 43.9 Å². The van der Waals surface area contributed by atoms with Gasteiger partial charge in [0.1, 0.15) is 0 Å². The molecule has 18 heavy (non-hydrogen) atoms. The predicted octanol–water partition coefficient (Wildman–Crippen LogP) is 3.48. The number of carbonyl (C=O) groups is 1. The Kier molecular flexibility index (Phi) is 3.88. The van der Waals surface area contributed by atoms with Gasteiger partial charge in [0, 0.05) is 27.8 Å². The third-order valence-corrected chi connectivity index (χ3v) is 3.83. The largest absolute Gasteiger partial charge is 0.292 e. The number of rotatable bonds is 2. The van der Waals surface area contributed by atoms with Gasteiger partial charge in [-0.05, 0) is 30.0 Å². The van der Waals surface area contributed by atoms with Gasteiger partial charge >= 0.3 is 0 Å². The van der Waals surface area contributed by atoms with Crippen molar-refractivity contribution in [2.24, 2.45) is 0 Å². The SMILES string of the molecule is O=C1CC(c2ccc(Cl)cc2Cl)CCC1[N+](=O)[O-]. The summed E-state index contributed by atoms with van der Waals surface area (Å²) < 4.78 is 0. The molecule has 1 aliphatic rings. The van der Waals surface area contributed by atoms with Gasteiger partial charge in [-0.3, -0.25) is 14.9 Å². The molecular formula is C12H11Cl2NO3. The molecule has 2 atom stereocenters. The van der Waals surface area contributed by atoms with Crippen LogP contribution in [0.1, 0.15) is 30.7 Å². The van der Waals surface area contributed by atoms with Crippen LogP contribution in [-0.2, 0) is 4.79 Å². The lowest BCUT2D eigenvalue weighted by Gasteiger charge is -2.24. The summed E-state index contributed by atoms with van der Waals surface area (Å²) in [4.78, 5) is 21.8. The van der Waals surface area contributed by atoms with Crippen molar-refractivity contribution in [2.75, 3.05) is 0 Å². The molecule has 2 unspecified atom stereocenters. The predicted molar refractivity (Wildman–Crippen MR) is 68.8 cm³/mol. The molecule has 0 N–H and O–H groups in total. The first-order chi connectivity index (χ1) is 8.49. The normalized spacial score (nSPS) is 24.0. The van der Waals surface area contributed by atoms with Gasteiger partial charge in [-0.2, -0.15) is 0 Å². The Labute approximate surface area is 114 Å². The summed E-state index contributed by atoms with van der Waals surface area (Å²) in [6.45, 7) is 0. The minimum absolute atomic E-state index is 0.0431. The summed E-state index contributed by atoms with van der Waals surface area (Å²) in [7, 11) is 0. The average molecular weight is 288 g/mol. The van der Waals surface area contributed by atoms with Crippen LogP contribution in [0.4, 0.5) is 0 Å². The summed E-state index contributed by atoms with van der Waals surface area (Å²) in [5.41, 5.74) is 0.844. The second-order valence-corrected chi connectivity index (χ2v) is 5.26. The Morgan fingerprint density at radius 1 is 1.28 bits per heavy atom. The van der Waals surface area contributed by atoms with Crippen molar-refractivity contribution < 1.29 is 9.72 Å². The van der Waals surface area contributed by atoms with Gasteiger partial charge in [0.2, 0.25) is 5.78 Å². The van der Waals surface area contributed by atoms with Gasteiger partial charge in [0.15, 0.2) is 0 Å². The van der Waals surface area contributed by atoms with E-state index in [1.165, 1.54) is 0 Å². The van der Waals surface area contributed by atoms with Crippen LogP contribution >= 0.6 is 23.2 Å². The van der Waals surface area contributed by atoms with Crippen molar-refractivity contribution in [1.82, 2.24) is 0 Å². The van der Waals surface area contributed by atoms with E-state index in [0.29, 0.717) is 16.5 Å². The van der Waals surface area contributed by atoms with E-state index >= 15 is 0 Å². The lowest BCUT2D eigenvalue weighted by Crippen LogP contribution is -2.34. The van der Waals surface area contributed by atoms with E-state index in [-0.39, 0.29) is 24.5 Å². The minimum Gasteiger partial charge on any atom is -0.292 e.